The second kappa shape index (κ2) is 46.6. The van der Waals surface area contributed by atoms with Crippen LogP contribution in [0.2, 0.25) is 0 Å². The minimum Gasteiger partial charge on any atom is -0.457 e. The molecule has 0 amide bonds. The normalized spacial score (nSPS) is 21.4. The maximum absolute atomic E-state index is 12.9. The van der Waals surface area contributed by atoms with Gasteiger partial charge in [0.05, 0.1) is 13.2 Å². The van der Waals surface area contributed by atoms with Gasteiger partial charge in [0, 0.05) is 13.0 Å². The fourth-order valence-corrected chi connectivity index (χ4v) is 9.17. The summed E-state index contributed by atoms with van der Waals surface area (Å²) < 4.78 is 34.4. The number of aliphatic hydroxyl groups is 5. The lowest BCUT2D eigenvalue weighted by atomic mass is 9.85. The van der Waals surface area contributed by atoms with Crippen LogP contribution in [0.1, 0.15) is 219 Å². The van der Waals surface area contributed by atoms with Crippen LogP contribution < -0.4 is 0 Å². The average Bonchev–Trinajstić information content (AvgIpc) is 3.35. The van der Waals surface area contributed by atoms with Gasteiger partial charge in [-0.3, -0.25) is 13.8 Å². The molecule has 1 fully saturated rings. The number of phosphoric ester groups is 1. The lowest BCUT2D eigenvalue weighted by Gasteiger charge is -2.41. The van der Waals surface area contributed by atoms with E-state index in [4.69, 9.17) is 18.5 Å². The molecule has 1 aliphatic rings. The van der Waals surface area contributed by atoms with Crippen LogP contribution in [0.15, 0.2) is 72.9 Å². The molecule has 0 aromatic rings. The molecule has 70 heavy (non-hydrogen) atoms. The lowest BCUT2D eigenvalue weighted by Crippen LogP contribution is -2.64. The Kier molecular flexibility index (Phi) is 43.8. The van der Waals surface area contributed by atoms with Crippen molar-refractivity contribution in [2.45, 2.75) is 262 Å². The number of carbonyl (C=O) groups is 1. The van der Waals surface area contributed by atoms with E-state index in [-0.39, 0.29) is 13.0 Å². The second-order valence-electron chi connectivity index (χ2n) is 19.0. The molecule has 13 heteroatoms. The summed E-state index contributed by atoms with van der Waals surface area (Å²) >= 11 is 0. The van der Waals surface area contributed by atoms with E-state index < -0.39 is 63.1 Å². The maximum atomic E-state index is 12.9. The van der Waals surface area contributed by atoms with E-state index in [0.717, 1.165) is 83.5 Å². The Morgan fingerprint density at radius 2 is 0.843 bits per heavy atom. The van der Waals surface area contributed by atoms with Crippen LogP contribution in [-0.2, 0) is 27.9 Å². The molecule has 0 radical (unpaired) electrons. The van der Waals surface area contributed by atoms with Crippen LogP contribution >= 0.6 is 7.82 Å². The van der Waals surface area contributed by atoms with Crippen LogP contribution in [0.25, 0.3) is 0 Å². The van der Waals surface area contributed by atoms with Crippen LogP contribution in [-0.4, -0.2) is 98.9 Å². The van der Waals surface area contributed by atoms with Crippen molar-refractivity contribution in [2.75, 3.05) is 19.8 Å². The van der Waals surface area contributed by atoms with Crippen molar-refractivity contribution in [2.24, 2.45) is 0 Å². The van der Waals surface area contributed by atoms with Gasteiger partial charge < -0.3 is 39.9 Å². The van der Waals surface area contributed by atoms with E-state index in [1.54, 1.807) is 0 Å². The number of esters is 1. The van der Waals surface area contributed by atoms with Gasteiger partial charge in [0.25, 0.3) is 0 Å². The van der Waals surface area contributed by atoms with Crippen molar-refractivity contribution < 1.29 is 58.3 Å². The van der Waals surface area contributed by atoms with Gasteiger partial charge in [-0.05, 0) is 83.5 Å². The highest BCUT2D eigenvalue weighted by Gasteiger charge is 2.51. The van der Waals surface area contributed by atoms with Gasteiger partial charge in [-0.2, -0.15) is 0 Å². The van der Waals surface area contributed by atoms with Gasteiger partial charge in [0.1, 0.15) is 42.7 Å². The summed E-state index contributed by atoms with van der Waals surface area (Å²) in [6.07, 6.45) is 49.6. The number of carbonyl (C=O) groups excluding carboxylic acids is 1. The van der Waals surface area contributed by atoms with Crippen LogP contribution in [0.3, 0.4) is 0 Å². The monoisotopic (exact) mass is 1010 g/mol. The molecule has 6 atom stereocenters. The zero-order valence-electron chi connectivity index (χ0n) is 43.8. The summed E-state index contributed by atoms with van der Waals surface area (Å²) in [6.45, 7) is 4.14. The van der Waals surface area contributed by atoms with Crippen molar-refractivity contribution in [3.8, 4) is 0 Å². The van der Waals surface area contributed by atoms with Crippen LogP contribution in [0, 0.1) is 0 Å². The zero-order valence-corrected chi connectivity index (χ0v) is 44.7. The summed E-state index contributed by atoms with van der Waals surface area (Å²) in [4.78, 5) is 23.3. The molecule has 6 unspecified atom stereocenters. The molecule has 0 spiro atoms. The topological polar surface area (TPSA) is 192 Å². The molecule has 1 rings (SSSR count). The Bertz CT molecular complexity index is 1430. The number of allylic oxidation sites excluding steroid dienone is 12. The molecule has 0 bridgehead atoms. The van der Waals surface area contributed by atoms with Crippen molar-refractivity contribution in [3.05, 3.63) is 72.9 Å². The molecule has 0 aromatic heterocycles. The zero-order chi connectivity index (χ0) is 51.2. The molecular weight excluding hydrogens is 908 g/mol. The van der Waals surface area contributed by atoms with Crippen LogP contribution in [0.5, 0.6) is 0 Å². The number of hydrogen-bond donors (Lipinski definition) is 6. The summed E-state index contributed by atoms with van der Waals surface area (Å²) in [5.74, 6) is -0.496. The highest BCUT2D eigenvalue weighted by atomic mass is 31.2. The van der Waals surface area contributed by atoms with Crippen molar-refractivity contribution in [3.63, 3.8) is 0 Å². The predicted molar refractivity (Wildman–Crippen MR) is 285 cm³/mol. The molecule has 12 nitrogen and oxygen atoms in total. The number of aliphatic hydroxyl groups excluding tert-OH is 5. The smallest absolute Gasteiger partial charge is 0.457 e. The first-order valence-electron chi connectivity index (χ1n) is 27.8. The molecule has 1 saturated carbocycles. The van der Waals surface area contributed by atoms with Gasteiger partial charge >= 0.3 is 13.8 Å². The van der Waals surface area contributed by atoms with Gasteiger partial charge in [-0.1, -0.05) is 202 Å². The molecule has 0 aromatic carbocycles. The van der Waals surface area contributed by atoms with Gasteiger partial charge in [0.2, 0.25) is 0 Å². The summed E-state index contributed by atoms with van der Waals surface area (Å²) in [6, 6.07) is 0. The largest absolute Gasteiger partial charge is 0.472 e. The minimum atomic E-state index is -5.04. The van der Waals surface area contributed by atoms with Crippen molar-refractivity contribution in [1.82, 2.24) is 0 Å². The Morgan fingerprint density at radius 1 is 0.471 bits per heavy atom. The number of phosphoric acid groups is 1. The predicted octanol–water partition coefficient (Wildman–Crippen LogP) is 13.1. The van der Waals surface area contributed by atoms with Gasteiger partial charge in [-0.25, -0.2) is 4.57 Å². The van der Waals surface area contributed by atoms with Gasteiger partial charge in [-0.15, -0.1) is 0 Å². The fourth-order valence-electron chi connectivity index (χ4n) is 8.20. The molecule has 0 saturated heterocycles. The third-order valence-corrected chi connectivity index (χ3v) is 13.5. The van der Waals surface area contributed by atoms with E-state index >= 15 is 0 Å². The third kappa shape index (κ3) is 37.5. The Labute approximate surface area is 425 Å². The summed E-state index contributed by atoms with van der Waals surface area (Å²) in [7, 11) is -5.04. The summed E-state index contributed by atoms with van der Waals surface area (Å²) in [5, 5.41) is 50.4. The van der Waals surface area contributed by atoms with E-state index in [1.165, 1.54) is 109 Å². The molecule has 1 aliphatic carbocycles. The number of rotatable bonds is 47. The van der Waals surface area contributed by atoms with E-state index in [9.17, 15) is 39.8 Å². The quantitative estimate of drug-likeness (QED) is 0.0147. The standard InChI is InChI=1S/C57H101O12P/c1-3-5-7-9-11-13-15-17-19-21-23-25-27-29-31-33-35-37-39-41-43-45-47-66-48-50(49-67-70(64,65)69-57-55(62)53(60)52(59)54(61)56(57)63)68-51(58)46-44-42-40-38-36-34-32-30-28-26-24-22-20-18-16-14-12-10-8-6-4-2/h6,8,12,14,18,20-21,23-24,26,30,32,50,52-57,59-63H,3-5,7,9-11,13,15-17,19,22,25,27-29,31,33-49H2,1-2H3,(H,64,65)/b8-6-,14-12-,20-18-,23-21-,26-24-,32-30-. The second-order valence-corrected chi connectivity index (χ2v) is 20.5. The summed E-state index contributed by atoms with van der Waals surface area (Å²) in [5.41, 5.74) is 0. The van der Waals surface area contributed by atoms with E-state index in [0.29, 0.717) is 13.0 Å². The molecule has 406 valence electrons. The van der Waals surface area contributed by atoms with Gasteiger partial charge in [0.15, 0.2) is 0 Å². The number of unbranched alkanes of at least 4 members (excludes halogenated alkanes) is 23. The number of hydrogen-bond acceptors (Lipinski definition) is 11. The first kappa shape index (κ1) is 65.8. The molecular formula is C57H101O12P. The van der Waals surface area contributed by atoms with E-state index in [1.807, 2.05) is 0 Å². The van der Waals surface area contributed by atoms with Crippen molar-refractivity contribution in [1.29, 1.82) is 0 Å². The number of ether oxygens (including phenoxy) is 2. The van der Waals surface area contributed by atoms with E-state index in [2.05, 4.69) is 86.8 Å². The Hall–Kier alpha value is -2.22. The lowest BCUT2D eigenvalue weighted by molar-refractivity contribution is -0.220. The molecule has 6 N–H and O–H groups in total. The average molecular weight is 1010 g/mol. The first-order valence-corrected chi connectivity index (χ1v) is 29.3. The SMILES string of the molecule is CC/C=C\C/C=C\C/C=C\C/C=C\C/C=C\CCCCCCCC(=O)OC(COCCCCCCCCCCCC/C=C\CCCCCCCCCC)COP(=O)(O)OC1C(O)C(O)C(O)C(O)C1O. The maximum Gasteiger partial charge on any atom is 0.472 e. The highest BCUT2D eigenvalue weighted by molar-refractivity contribution is 7.47. The Morgan fingerprint density at radius 3 is 1.30 bits per heavy atom. The molecule has 0 heterocycles. The third-order valence-electron chi connectivity index (χ3n) is 12.6. The fraction of sp³-hybridized carbons (Fsp3) is 0.772. The Balaban J connectivity index is 2.33. The molecule has 0 aliphatic heterocycles. The van der Waals surface area contributed by atoms with Crippen LogP contribution in [0.4, 0.5) is 0 Å². The first-order chi connectivity index (χ1) is 34.0. The van der Waals surface area contributed by atoms with Crippen molar-refractivity contribution >= 4 is 13.8 Å². The minimum absolute atomic E-state index is 0.0884. The highest BCUT2D eigenvalue weighted by Crippen LogP contribution is 2.47.